The Morgan fingerprint density at radius 1 is 1.55 bits per heavy atom. The number of hydrogen-bond acceptors (Lipinski definition) is 2. The molecule has 0 amide bonds. The van der Waals surface area contributed by atoms with Crippen LogP contribution in [0.3, 0.4) is 0 Å². The fourth-order valence-electron chi connectivity index (χ4n) is 1.04. The monoisotopic (exact) mass is 150 g/mol. The van der Waals surface area contributed by atoms with Crippen LogP contribution in [0, 0.1) is 0 Å². The molecular weight excluding hydrogens is 144 g/mol. The summed E-state index contributed by atoms with van der Waals surface area (Å²) < 4.78 is 1.56. The second-order valence-electron chi connectivity index (χ2n) is 2.28. The lowest BCUT2D eigenvalue weighted by atomic mass is 10.5. The first-order valence-electron chi connectivity index (χ1n) is 3.16. The van der Waals surface area contributed by atoms with Crippen molar-refractivity contribution in [2.45, 2.75) is 0 Å². The van der Waals surface area contributed by atoms with Gasteiger partial charge in [-0.05, 0) is 0 Å². The Morgan fingerprint density at radius 3 is 3.09 bits per heavy atom. The SMILES string of the molecule is O=c1[nH]ccn2cc(O)cc12. The molecule has 2 heterocycles. The number of aromatic hydroxyl groups is 1. The molecular formula is C7H6N2O2. The standard InChI is InChI=1S/C7H6N2O2/c10-5-3-6-7(11)8-1-2-9(6)4-5/h1-4,10H,(H,8,11). The Kier molecular flexibility index (Phi) is 1.03. The van der Waals surface area contributed by atoms with Gasteiger partial charge in [0.1, 0.15) is 11.3 Å². The highest BCUT2D eigenvalue weighted by Gasteiger charge is 1.98. The predicted molar refractivity (Wildman–Crippen MR) is 39.7 cm³/mol. The maximum atomic E-state index is 11.0. The first-order valence-corrected chi connectivity index (χ1v) is 3.16. The van der Waals surface area contributed by atoms with Crippen LogP contribution in [-0.4, -0.2) is 14.5 Å². The normalized spacial score (nSPS) is 10.5. The van der Waals surface area contributed by atoms with Gasteiger partial charge in [0.05, 0.1) is 6.20 Å². The zero-order valence-electron chi connectivity index (χ0n) is 5.61. The van der Waals surface area contributed by atoms with Crippen molar-refractivity contribution in [2.24, 2.45) is 0 Å². The molecule has 11 heavy (non-hydrogen) atoms. The summed E-state index contributed by atoms with van der Waals surface area (Å²) in [5, 5.41) is 9.01. The Hall–Kier alpha value is -1.71. The molecule has 0 spiro atoms. The minimum atomic E-state index is -0.201. The summed E-state index contributed by atoms with van der Waals surface area (Å²) in [6.45, 7) is 0. The minimum absolute atomic E-state index is 0.0988. The summed E-state index contributed by atoms with van der Waals surface area (Å²) in [5.74, 6) is 0.0988. The molecule has 4 nitrogen and oxygen atoms in total. The Bertz CT molecular complexity index is 441. The lowest BCUT2D eigenvalue weighted by molar-refractivity contribution is 0.476. The summed E-state index contributed by atoms with van der Waals surface area (Å²) in [6.07, 6.45) is 4.66. The average molecular weight is 150 g/mol. The second kappa shape index (κ2) is 1.88. The van der Waals surface area contributed by atoms with E-state index in [-0.39, 0.29) is 11.3 Å². The van der Waals surface area contributed by atoms with E-state index in [0.29, 0.717) is 5.52 Å². The molecule has 2 aromatic rings. The van der Waals surface area contributed by atoms with E-state index in [2.05, 4.69) is 4.98 Å². The van der Waals surface area contributed by atoms with Crippen molar-refractivity contribution in [1.29, 1.82) is 0 Å². The van der Waals surface area contributed by atoms with Crippen molar-refractivity contribution < 1.29 is 5.11 Å². The third kappa shape index (κ3) is 0.797. The number of fused-ring (bicyclic) bond motifs is 1. The summed E-state index contributed by atoms with van der Waals surface area (Å²) in [7, 11) is 0. The Morgan fingerprint density at radius 2 is 2.36 bits per heavy atom. The molecule has 56 valence electrons. The van der Waals surface area contributed by atoms with Crippen LogP contribution in [0.1, 0.15) is 0 Å². The van der Waals surface area contributed by atoms with Gasteiger partial charge in [-0.2, -0.15) is 0 Å². The van der Waals surface area contributed by atoms with Crippen LogP contribution in [0.15, 0.2) is 29.5 Å². The molecule has 0 aliphatic heterocycles. The maximum Gasteiger partial charge on any atom is 0.272 e. The van der Waals surface area contributed by atoms with Crippen molar-refractivity contribution in [3.05, 3.63) is 35.0 Å². The minimum Gasteiger partial charge on any atom is -0.506 e. The molecule has 0 saturated carbocycles. The molecule has 0 saturated heterocycles. The third-order valence-electron chi connectivity index (χ3n) is 1.52. The molecule has 0 radical (unpaired) electrons. The van der Waals surface area contributed by atoms with E-state index < -0.39 is 0 Å². The van der Waals surface area contributed by atoms with Crippen LogP contribution in [0.4, 0.5) is 0 Å². The van der Waals surface area contributed by atoms with Gasteiger partial charge in [-0.25, -0.2) is 0 Å². The quantitative estimate of drug-likeness (QED) is 0.568. The summed E-state index contributed by atoms with van der Waals surface area (Å²) in [6, 6.07) is 1.42. The van der Waals surface area contributed by atoms with E-state index in [0.717, 1.165) is 0 Å². The van der Waals surface area contributed by atoms with E-state index in [9.17, 15) is 4.79 Å². The molecule has 0 atom stereocenters. The van der Waals surface area contributed by atoms with Crippen LogP contribution >= 0.6 is 0 Å². The summed E-state index contributed by atoms with van der Waals surface area (Å²) in [5.41, 5.74) is 0.248. The molecule has 0 aromatic carbocycles. The van der Waals surface area contributed by atoms with Crippen LogP contribution in [0.25, 0.3) is 5.52 Å². The molecule has 0 aliphatic carbocycles. The summed E-state index contributed by atoms with van der Waals surface area (Å²) >= 11 is 0. The number of H-pyrrole nitrogens is 1. The second-order valence-corrected chi connectivity index (χ2v) is 2.28. The molecule has 2 rings (SSSR count). The maximum absolute atomic E-state index is 11.0. The van der Waals surface area contributed by atoms with Gasteiger partial charge >= 0.3 is 0 Å². The molecule has 2 N–H and O–H groups in total. The number of aromatic amines is 1. The topological polar surface area (TPSA) is 57.5 Å². The van der Waals surface area contributed by atoms with E-state index in [4.69, 9.17) is 5.11 Å². The highest BCUT2D eigenvalue weighted by molar-refractivity contribution is 5.50. The van der Waals surface area contributed by atoms with Crippen LogP contribution in [0.2, 0.25) is 0 Å². The van der Waals surface area contributed by atoms with Gasteiger partial charge in [-0.1, -0.05) is 0 Å². The number of aromatic nitrogens is 2. The van der Waals surface area contributed by atoms with Crippen molar-refractivity contribution in [3.8, 4) is 5.75 Å². The van der Waals surface area contributed by atoms with Crippen molar-refractivity contribution in [3.63, 3.8) is 0 Å². The lowest BCUT2D eigenvalue weighted by Crippen LogP contribution is -2.06. The van der Waals surface area contributed by atoms with Crippen LogP contribution in [-0.2, 0) is 0 Å². The van der Waals surface area contributed by atoms with Crippen molar-refractivity contribution >= 4 is 5.52 Å². The molecule has 0 aliphatic rings. The average Bonchev–Trinajstić information content (AvgIpc) is 2.31. The van der Waals surface area contributed by atoms with E-state index in [1.165, 1.54) is 18.5 Å². The predicted octanol–water partition coefficient (Wildman–Crippen LogP) is 0.333. The van der Waals surface area contributed by atoms with Gasteiger partial charge in [-0.15, -0.1) is 0 Å². The summed E-state index contributed by atoms with van der Waals surface area (Å²) in [4.78, 5) is 13.5. The van der Waals surface area contributed by atoms with Gasteiger partial charge in [0.25, 0.3) is 5.56 Å². The number of nitrogens with zero attached hydrogens (tertiary/aromatic N) is 1. The largest absolute Gasteiger partial charge is 0.506 e. The number of nitrogens with one attached hydrogen (secondary N) is 1. The molecule has 2 aromatic heterocycles. The zero-order valence-corrected chi connectivity index (χ0v) is 5.61. The number of hydrogen-bond donors (Lipinski definition) is 2. The highest BCUT2D eigenvalue weighted by atomic mass is 16.3. The van der Waals surface area contributed by atoms with Gasteiger partial charge < -0.3 is 14.5 Å². The zero-order chi connectivity index (χ0) is 7.84. The van der Waals surface area contributed by atoms with Crippen LogP contribution < -0.4 is 5.56 Å². The molecule has 4 heteroatoms. The van der Waals surface area contributed by atoms with Crippen molar-refractivity contribution in [1.82, 2.24) is 9.38 Å². The Labute approximate surface area is 61.7 Å². The van der Waals surface area contributed by atoms with Gasteiger partial charge in [-0.3, -0.25) is 4.79 Å². The fraction of sp³-hybridized carbons (Fsp3) is 0. The van der Waals surface area contributed by atoms with Crippen molar-refractivity contribution in [2.75, 3.05) is 0 Å². The first-order chi connectivity index (χ1) is 5.27. The molecule has 0 unspecified atom stereocenters. The van der Waals surface area contributed by atoms with Gasteiger partial charge in [0, 0.05) is 18.5 Å². The fourth-order valence-corrected chi connectivity index (χ4v) is 1.04. The van der Waals surface area contributed by atoms with E-state index in [1.54, 1.807) is 10.6 Å². The van der Waals surface area contributed by atoms with Crippen LogP contribution in [0.5, 0.6) is 5.75 Å². The molecule has 0 fully saturated rings. The number of rotatable bonds is 0. The van der Waals surface area contributed by atoms with Gasteiger partial charge in [0.2, 0.25) is 0 Å². The molecule has 0 bridgehead atoms. The van der Waals surface area contributed by atoms with E-state index in [1.807, 2.05) is 0 Å². The van der Waals surface area contributed by atoms with Gasteiger partial charge in [0.15, 0.2) is 0 Å². The third-order valence-corrected chi connectivity index (χ3v) is 1.52. The Balaban J connectivity index is 3.02. The lowest BCUT2D eigenvalue weighted by Gasteiger charge is -1.88. The smallest absolute Gasteiger partial charge is 0.272 e. The first kappa shape index (κ1) is 6.03. The highest BCUT2D eigenvalue weighted by Crippen LogP contribution is 2.10. The van der Waals surface area contributed by atoms with E-state index >= 15 is 0 Å².